The van der Waals surface area contributed by atoms with E-state index in [1.165, 1.54) is 18.0 Å². The molecule has 8 N–H and O–H groups in total. The van der Waals surface area contributed by atoms with Crippen LogP contribution in [0.15, 0.2) is 64.2 Å². The monoisotopic (exact) mass is 675 g/mol. The van der Waals surface area contributed by atoms with E-state index < -0.39 is 29.7 Å². The maximum absolute atomic E-state index is 11.8. The van der Waals surface area contributed by atoms with E-state index in [2.05, 4.69) is 16.0 Å². The van der Waals surface area contributed by atoms with E-state index in [9.17, 15) is 30.3 Å². The summed E-state index contributed by atoms with van der Waals surface area (Å²) in [5.74, 6) is -4.05. The number of nitrogens with zero attached hydrogens (tertiary/aromatic N) is 4. The van der Waals surface area contributed by atoms with E-state index in [0.717, 1.165) is 5.56 Å². The van der Waals surface area contributed by atoms with Crippen molar-refractivity contribution in [2.24, 2.45) is 29.2 Å². The van der Waals surface area contributed by atoms with Crippen LogP contribution in [0.3, 0.4) is 0 Å². The van der Waals surface area contributed by atoms with Crippen molar-refractivity contribution in [3.63, 3.8) is 0 Å². The summed E-state index contributed by atoms with van der Waals surface area (Å²) in [5, 5.41) is 40.0. The molecular weight excluding hydrogens is 646 g/mol. The van der Waals surface area contributed by atoms with Gasteiger partial charge in [-0.1, -0.05) is 35.5 Å². The molecule has 2 heterocycles. The first kappa shape index (κ1) is 34.7. The highest BCUT2D eigenvalue weighted by Crippen LogP contribution is 2.37. The average molecular weight is 676 g/mol. The van der Waals surface area contributed by atoms with Crippen molar-refractivity contribution in [3.8, 4) is 40.5 Å². The summed E-state index contributed by atoms with van der Waals surface area (Å²) in [6, 6.07) is 17.6. The Morgan fingerprint density at radius 1 is 0.957 bits per heavy atom. The zero-order chi connectivity index (χ0) is 34.1. The summed E-state index contributed by atoms with van der Waals surface area (Å²) < 4.78 is 11.5. The van der Waals surface area contributed by atoms with Crippen molar-refractivity contribution in [2.45, 2.75) is 17.2 Å². The number of anilines is 1. The molecule has 4 rings (SSSR count). The minimum atomic E-state index is -1.17. The number of aromatic nitrogens is 2. The summed E-state index contributed by atoms with van der Waals surface area (Å²) in [5.41, 5.74) is 19.7. The van der Waals surface area contributed by atoms with Gasteiger partial charge in [0.2, 0.25) is 5.89 Å². The number of ether oxygens (including phenoxy) is 1. The summed E-state index contributed by atoms with van der Waals surface area (Å²) >= 11 is 7.17. The molecule has 0 fully saturated rings. The van der Waals surface area contributed by atoms with Crippen LogP contribution in [-0.4, -0.2) is 51.8 Å². The Morgan fingerprint density at radius 2 is 1.62 bits per heavy atom. The van der Waals surface area contributed by atoms with Crippen molar-refractivity contribution in [3.05, 3.63) is 76.6 Å². The number of hydrogen-bond acceptors (Lipinski definition) is 12. The van der Waals surface area contributed by atoms with Crippen LogP contribution in [-0.2, 0) is 15.3 Å². The molecule has 4 aromatic rings. The molecule has 0 bridgehead atoms. The number of oxazole rings is 1. The summed E-state index contributed by atoms with van der Waals surface area (Å²) in [6.45, 7) is -0.510. The number of nitriles is 2. The third-order valence-corrected chi connectivity index (χ3v) is 8.64. The lowest BCUT2D eigenvalue weighted by Gasteiger charge is -2.25. The van der Waals surface area contributed by atoms with Crippen molar-refractivity contribution < 1.29 is 29.0 Å². The molecule has 0 saturated carbocycles. The Labute approximate surface area is 278 Å². The predicted molar refractivity (Wildman–Crippen MR) is 174 cm³/mol. The first-order valence-corrected chi connectivity index (χ1v) is 15.5. The fourth-order valence-electron chi connectivity index (χ4n) is 4.86. The lowest BCUT2D eigenvalue weighted by Crippen LogP contribution is -2.37. The number of hydrogen-bond donors (Lipinski definition) is 5. The van der Waals surface area contributed by atoms with Crippen LogP contribution in [0.25, 0.3) is 22.6 Å². The number of aliphatic carboxylic acids is 2. The van der Waals surface area contributed by atoms with E-state index >= 15 is 0 Å². The van der Waals surface area contributed by atoms with Crippen LogP contribution in [0, 0.1) is 40.4 Å². The predicted octanol–water partition coefficient (Wildman–Crippen LogP) is 4.38. The normalized spacial score (nSPS) is 12.8. The number of halogens is 1. The summed E-state index contributed by atoms with van der Waals surface area (Å²) in [7, 11) is 0. The number of benzene rings is 2. The number of carboxylic acids is 2. The van der Waals surface area contributed by atoms with Gasteiger partial charge in [-0.15, -0.1) is 0 Å². The molecule has 15 heteroatoms. The van der Waals surface area contributed by atoms with Crippen LogP contribution >= 0.6 is 23.4 Å². The smallest absolute Gasteiger partial charge is 0.308 e. The molecule has 2 aromatic heterocycles. The highest BCUT2D eigenvalue weighted by Gasteiger charge is 2.32. The molecule has 0 aliphatic rings. The van der Waals surface area contributed by atoms with Gasteiger partial charge in [-0.2, -0.15) is 10.5 Å². The summed E-state index contributed by atoms with van der Waals surface area (Å²) in [6.07, 6.45) is 1.47. The lowest BCUT2D eigenvalue weighted by molar-refractivity contribution is -0.147. The van der Waals surface area contributed by atoms with Gasteiger partial charge in [-0.05, 0) is 48.4 Å². The molecule has 0 amide bonds. The Balaban J connectivity index is 1.56. The molecule has 0 saturated heterocycles. The van der Waals surface area contributed by atoms with Gasteiger partial charge in [0.1, 0.15) is 40.6 Å². The zero-order valence-corrected chi connectivity index (χ0v) is 26.4. The molecule has 3 atom stereocenters. The standard InChI is InChI=1S/C32H30ClN7O6S/c33-21-5-1-18(2-6-21)29-39-22(15-46-29)16-47-30-26(13-37)27(25(12-36)28(38)40-30)17-3-7-23(8-4-17)45-14-20(24(11-35)32(43)44)9-19(10-34)31(41)42/h1-8,15,19-20,24H,9-11,14,16,34-35H2,(H2,38,40)(H,41,42)(H,43,44)/t19?,20-,24?/m1/s1. The third-order valence-electron chi connectivity index (χ3n) is 7.38. The zero-order valence-electron chi connectivity index (χ0n) is 24.8. The van der Waals surface area contributed by atoms with Crippen LogP contribution in [0.2, 0.25) is 5.02 Å². The van der Waals surface area contributed by atoms with Crippen molar-refractivity contribution >= 4 is 41.1 Å². The molecule has 13 nitrogen and oxygen atoms in total. The van der Waals surface area contributed by atoms with Crippen LogP contribution in [0.5, 0.6) is 5.75 Å². The van der Waals surface area contributed by atoms with Gasteiger partial charge < -0.3 is 36.6 Å². The van der Waals surface area contributed by atoms with Gasteiger partial charge in [0, 0.05) is 40.9 Å². The maximum atomic E-state index is 11.8. The van der Waals surface area contributed by atoms with E-state index in [-0.39, 0.29) is 48.6 Å². The number of carbonyl (C=O) groups is 2. The van der Waals surface area contributed by atoms with Crippen LogP contribution < -0.4 is 21.9 Å². The second-order valence-corrected chi connectivity index (χ2v) is 11.8. The molecule has 2 unspecified atom stereocenters. The topological polar surface area (TPSA) is 248 Å². The Kier molecular flexibility index (Phi) is 11.8. The number of carboxylic acid groups (broad SMARTS) is 2. The fraction of sp³-hybridized carbons (Fsp3) is 0.250. The van der Waals surface area contributed by atoms with Crippen molar-refractivity contribution in [1.82, 2.24) is 9.97 Å². The first-order valence-electron chi connectivity index (χ1n) is 14.2. The van der Waals surface area contributed by atoms with E-state index in [1.54, 1.807) is 48.5 Å². The van der Waals surface area contributed by atoms with Gasteiger partial charge in [0.15, 0.2) is 0 Å². The lowest BCUT2D eigenvalue weighted by atomic mass is 9.84. The van der Waals surface area contributed by atoms with Crippen LogP contribution in [0.1, 0.15) is 23.2 Å². The third kappa shape index (κ3) is 8.38. The molecule has 0 aliphatic heterocycles. The second-order valence-electron chi connectivity index (χ2n) is 10.4. The molecule has 242 valence electrons. The van der Waals surface area contributed by atoms with Gasteiger partial charge in [0.05, 0.1) is 29.7 Å². The number of nitrogens with two attached hydrogens (primary N) is 3. The minimum absolute atomic E-state index is 0.0276. The number of nitrogen functional groups attached to an aromatic ring is 1. The molecular formula is C32H30ClN7O6S. The Morgan fingerprint density at radius 3 is 2.19 bits per heavy atom. The SMILES string of the molecule is N#Cc1c(N)nc(SCc2coc(-c3ccc(Cl)cc3)n2)c(C#N)c1-c1ccc(OC[C@@H](CC(CN)C(=O)O)C(CN)C(=O)O)cc1. The number of thioether (sulfide) groups is 1. The quantitative estimate of drug-likeness (QED) is 0.110. The molecule has 0 radical (unpaired) electrons. The summed E-state index contributed by atoms with van der Waals surface area (Å²) in [4.78, 5) is 32.2. The maximum Gasteiger partial charge on any atom is 0.308 e. The van der Waals surface area contributed by atoms with E-state index in [0.29, 0.717) is 38.7 Å². The Bertz CT molecular complexity index is 1820. The molecule has 2 aromatic carbocycles. The van der Waals surface area contributed by atoms with Gasteiger partial charge in [-0.25, -0.2) is 9.97 Å². The molecule has 0 spiro atoms. The number of rotatable bonds is 15. The highest BCUT2D eigenvalue weighted by molar-refractivity contribution is 7.98. The van der Waals surface area contributed by atoms with Crippen molar-refractivity contribution in [1.29, 1.82) is 10.5 Å². The number of pyridine rings is 1. The highest BCUT2D eigenvalue weighted by atomic mass is 35.5. The molecule has 0 aliphatic carbocycles. The van der Waals surface area contributed by atoms with E-state index in [4.69, 9.17) is 38.0 Å². The second kappa shape index (κ2) is 15.9. The van der Waals surface area contributed by atoms with Gasteiger partial charge >= 0.3 is 11.9 Å². The molecule has 47 heavy (non-hydrogen) atoms. The fourth-order valence-corrected chi connectivity index (χ4v) is 5.86. The van der Waals surface area contributed by atoms with Gasteiger partial charge in [0.25, 0.3) is 0 Å². The Hall–Kier alpha value is -5.12. The van der Waals surface area contributed by atoms with E-state index in [1.807, 2.05) is 6.07 Å². The van der Waals surface area contributed by atoms with Crippen LogP contribution in [0.4, 0.5) is 5.82 Å². The first-order chi connectivity index (χ1) is 22.6. The average Bonchev–Trinajstić information content (AvgIpc) is 3.54. The van der Waals surface area contributed by atoms with Gasteiger partial charge in [-0.3, -0.25) is 9.59 Å². The van der Waals surface area contributed by atoms with Crippen molar-refractivity contribution in [2.75, 3.05) is 25.4 Å². The largest absolute Gasteiger partial charge is 0.493 e. The minimum Gasteiger partial charge on any atom is -0.493 e.